The van der Waals surface area contributed by atoms with E-state index >= 15 is 0 Å². The average molecular weight is 1020 g/mol. The molecule has 8 aromatic rings. The Labute approximate surface area is 411 Å². The second-order valence-electron chi connectivity index (χ2n) is 17.5. The molecule has 24 heteroatoms. The number of carbonyl (C=O) groups is 2. The fraction of sp³-hybridized carbons (Fsp3) is 0.250. The van der Waals surface area contributed by atoms with Crippen molar-refractivity contribution < 1.29 is 40.3 Å². The van der Waals surface area contributed by atoms with Gasteiger partial charge in [0.2, 0.25) is 0 Å². The first kappa shape index (κ1) is 49.2. The Hall–Kier alpha value is -7.80. The van der Waals surface area contributed by atoms with Gasteiger partial charge in [0.1, 0.15) is 29.0 Å². The molecule has 6 aromatic heterocycles. The van der Waals surface area contributed by atoms with Gasteiger partial charge < -0.3 is 31.3 Å². The minimum absolute atomic E-state index is 0.0252. The van der Waals surface area contributed by atoms with Crippen LogP contribution in [-0.2, 0) is 19.7 Å². The second-order valence-corrected chi connectivity index (χ2v) is 21.8. The van der Waals surface area contributed by atoms with Crippen molar-refractivity contribution in [3.8, 4) is 11.4 Å². The lowest BCUT2D eigenvalue weighted by Gasteiger charge is -2.28. The van der Waals surface area contributed by atoms with Gasteiger partial charge >= 0.3 is 5.97 Å². The number of amides is 1. The molecular formula is C48H47F2N13O7S2. The number of nitrogens with zero attached hydrogens (tertiary/aromatic N) is 10. The van der Waals surface area contributed by atoms with Crippen molar-refractivity contribution in [1.82, 2.24) is 49.3 Å². The van der Waals surface area contributed by atoms with Gasteiger partial charge in [-0.25, -0.2) is 59.7 Å². The van der Waals surface area contributed by atoms with Crippen molar-refractivity contribution in [3.63, 3.8) is 0 Å². The molecule has 1 amide bonds. The molecule has 0 unspecified atom stereocenters. The third-order valence-electron chi connectivity index (χ3n) is 12.5. The minimum atomic E-state index is -3.57. The summed E-state index contributed by atoms with van der Waals surface area (Å²) in [7, 11) is -3.19. The Kier molecular flexibility index (Phi) is 13.8. The fourth-order valence-electron chi connectivity index (χ4n) is 8.33. The van der Waals surface area contributed by atoms with Gasteiger partial charge in [0.15, 0.2) is 35.4 Å². The van der Waals surface area contributed by atoms with Gasteiger partial charge in [-0.3, -0.25) is 4.79 Å². The summed E-state index contributed by atoms with van der Waals surface area (Å²) >= 11 is 0. The van der Waals surface area contributed by atoms with Crippen molar-refractivity contribution in [2.24, 2.45) is 5.73 Å². The number of halogens is 2. The van der Waals surface area contributed by atoms with Crippen LogP contribution in [0.4, 0.5) is 31.8 Å². The molecule has 0 radical (unpaired) electrons. The van der Waals surface area contributed by atoms with Gasteiger partial charge in [-0.2, -0.15) is 10.2 Å². The maximum atomic E-state index is 14.8. The number of nitrogens with one attached hydrogen (secondary N) is 2. The first-order valence-electron chi connectivity index (χ1n) is 22.6. The number of benzene rings is 2. The molecule has 2 aliphatic rings. The summed E-state index contributed by atoms with van der Waals surface area (Å²) in [4.78, 5) is 43.9. The predicted molar refractivity (Wildman–Crippen MR) is 264 cm³/mol. The molecule has 2 aliphatic heterocycles. The number of aromatic nitrogens is 8. The third-order valence-corrected chi connectivity index (χ3v) is 16.8. The molecule has 8 heterocycles. The first-order valence-corrected chi connectivity index (χ1v) is 25.7. The van der Waals surface area contributed by atoms with Crippen LogP contribution in [0.3, 0.4) is 0 Å². The molecule has 72 heavy (non-hydrogen) atoms. The van der Waals surface area contributed by atoms with Crippen LogP contribution in [0, 0.1) is 11.6 Å². The topological polar surface area (TPSA) is 266 Å². The van der Waals surface area contributed by atoms with Crippen LogP contribution in [0.1, 0.15) is 46.7 Å². The quantitative estimate of drug-likeness (QED) is 0.110. The van der Waals surface area contributed by atoms with Crippen LogP contribution < -0.4 is 16.4 Å². The van der Waals surface area contributed by atoms with Crippen LogP contribution in [-0.4, -0.2) is 134 Å². The molecule has 0 saturated carbocycles. The summed E-state index contributed by atoms with van der Waals surface area (Å²) < 4.78 is 84.8. The lowest BCUT2D eigenvalue weighted by molar-refractivity contribution is 0.0689. The first-order chi connectivity index (χ1) is 34.4. The zero-order valence-electron chi connectivity index (χ0n) is 38.7. The lowest BCUT2D eigenvalue weighted by atomic mass is 10.1. The summed E-state index contributed by atoms with van der Waals surface area (Å²) in [6, 6.07) is 21.0. The molecular weight excluding hydrogens is 973 g/mol. The average Bonchev–Trinajstić information content (AvgIpc) is 4.08. The van der Waals surface area contributed by atoms with Crippen LogP contribution in [0.15, 0.2) is 120 Å². The number of aromatic carboxylic acids is 1. The molecule has 0 aliphatic carbocycles. The number of carboxylic acids is 1. The monoisotopic (exact) mass is 1020 g/mol. The molecule has 0 bridgehead atoms. The minimum Gasteiger partial charge on any atom is -0.476 e. The number of rotatable bonds is 12. The van der Waals surface area contributed by atoms with Crippen LogP contribution in [0.25, 0.3) is 33.2 Å². The molecule has 2 fully saturated rings. The van der Waals surface area contributed by atoms with Gasteiger partial charge in [-0.15, -0.1) is 0 Å². The smallest absolute Gasteiger partial charge is 0.356 e. The molecule has 0 atom stereocenters. The van der Waals surface area contributed by atoms with E-state index in [0.717, 1.165) is 26.2 Å². The van der Waals surface area contributed by atoms with Crippen molar-refractivity contribution in [2.75, 3.05) is 50.9 Å². The van der Waals surface area contributed by atoms with Crippen molar-refractivity contribution in [2.45, 2.75) is 46.2 Å². The number of fused-ring (bicyclic) bond motifs is 2. The van der Waals surface area contributed by atoms with Gasteiger partial charge in [-0.1, -0.05) is 0 Å². The number of pyridine rings is 4. The Morgan fingerprint density at radius 3 is 1.40 bits per heavy atom. The number of piperidine rings is 2. The number of hydrogen-bond acceptors (Lipinski definition) is 16. The van der Waals surface area contributed by atoms with E-state index in [9.17, 15) is 35.2 Å². The van der Waals surface area contributed by atoms with E-state index in [1.54, 1.807) is 48.8 Å². The Balaban J connectivity index is 0.000000178. The van der Waals surface area contributed by atoms with Gasteiger partial charge in [-0.05, 0) is 127 Å². The molecule has 372 valence electrons. The number of carboxylic acid groups (broad SMARTS) is 1. The highest BCUT2D eigenvalue weighted by Crippen LogP contribution is 2.29. The summed E-state index contributed by atoms with van der Waals surface area (Å²) in [6.45, 7) is 2.90. The zero-order valence-corrected chi connectivity index (χ0v) is 40.4. The highest BCUT2D eigenvalue weighted by atomic mass is 32.2. The zero-order chi connectivity index (χ0) is 50.9. The maximum Gasteiger partial charge on any atom is 0.356 e. The Bertz CT molecular complexity index is 3360. The van der Waals surface area contributed by atoms with E-state index in [1.807, 2.05) is 14.1 Å². The molecule has 2 aromatic carbocycles. The van der Waals surface area contributed by atoms with E-state index in [2.05, 4.69) is 50.6 Å². The van der Waals surface area contributed by atoms with Gasteiger partial charge in [0, 0.05) is 59.8 Å². The Morgan fingerprint density at radius 1 is 0.611 bits per heavy atom. The number of hydrogen-bond donors (Lipinski definition) is 4. The van der Waals surface area contributed by atoms with E-state index in [0.29, 0.717) is 70.5 Å². The normalized spacial score (nSPS) is 15.3. The number of sulfone groups is 2. The highest BCUT2D eigenvalue weighted by Gasteiger charge is 2.33. The summed E-state index contributed by atoms with van der Waals surface area (Å²) in [5.74, 6) is -2.42. The van der Waals surface area contributed by atoms with Crippen molar-refractivity contribution in [1.29, 1.82) is 0 Å². The van der Waals surface area contributed by atoms with Gasteiger partial charge in [0.05, 0.1) is 44.3 Å². The SMILES string of the molecule is CN1CCC(S(=O)(=O)c2ccc3cnc(Nc4ccc(-n5ccc(C(=O)O)n5)cc4F)cc3n2)CC1.CN1CCC(S(=O)(=O)c2ccc3cnc(Nc4ccc(-n5ccc(C(N)=O)n5)cc4F)cc3n2)CC1. The molecule has 10 rings (SSSR count). The number of anilines is 4. The molecule has 20 nitrogen and oxygen atoms in total. The largest absolute Gasteiger partial charge is 0.476 e. The molecule has 0 spiro atoms. The number of primary amides is 1. The van der Waals surface area contributed by atoms with Crippen LogP contribution >= 0.6 is 0 Å². The fourth-order valence-corrected chi connectivity index (χ4v) is 11.6. The van der Waals surface area contributed by atoms with Crippen LogP contribution in [0.2, 0.25) is 0 Å². The van der Waals surface area contributed by atoms with E-state index in [1.165, 1.54) is 70.3 Å². The Morgan fingerprint density at radius 2 is 1.03 bits per heavy atom. The number of carbonyl (C=O) groups excluding carboxylic acids is 1. The summed E-state index contributed by atoms with van der Waals surface area (Å²) in [5, 5.41) is 23.2. The summed E-state index contributed by atoms with van der Waals surface area (Å²) in [5.41, 5.74) is 7.04. The van der Waals surface area contributed by atoms with Crippen molar-refractivity contribution >= 4 is 76.4 Å². The predicted octanol–water partition coefficient (Wildman–Crippen LogP) is 5.93. The lowest BCUT2D eigenvalue weighted by Crippen LogP contribution is -2.37. The van der Waals surface area contributed by atoms with Crippen molar-refractivity contribution in [3.05, 3.63) is 133 Å². The summed E-state index contributed by atoms with van der Waals surface area (Å²) in [6.07, 6.45) is 8.30. The second kappa shape index (κ2) is 20.1. The number of likely N-dealkylation sites (tertiary alicyclic amines) is 2. The van der Waals surface area contributed by atoms with E-state index in [-0.39, 0.29) is 32.8 Å². The molecule has 2 saturated heterocycles. The number of nitrogens with two attached hydrogens (primary N) is 1. The highest BCUT2D eigenvalue weighted by molar-refractivity contribution is 7.92. The van der Waals surface area contributed by atoms with Crippen LogP contribution in [0.5, 0.6) is 0 Å². The van der Waals surface area contributed by atoms with E-state index in [4.69, 9.17) is 10.8 Å². The van der Waals surface area contributed by atoms with E-state index < -0.39 is 53.7 Å². The van der Waals surface area contributed by atoms with Gasteiger partial charge in [0.25, 0.3) is 5.91 Å². The third kappa shape index (κ3) is 10.6. The standard InChI is InChI=1S/C24H24FN7O3S.C24H23FN6O4S/c1-31-9-6-17(7-10-31)36(34,35)23-5-2-15-14-27-22(13-21(15)29-23)28-19-4-3-16(12-18(19)25)32-11-8-20(30-32)24(26)33;1-30-9-6-17(7-10-30)36(34,35)23-5-2-15-14-26-22(13-21(15)28-23)27-19-4-3-16(12-18(19)25)31-11-8-20(29-31)24(32)33/h2-5,8,11-14,17H,6-7,9-10H2,1H3,(H2,26,33)(H,27,28);2-5,8,11-14,17H,6-7,9-10H2,1H3,(H,26,27)(H,32,33). The maximum absolute atomic E-state index is 14.8. The molecule has 5 N–H and O–H groups in total.